The second-order valence-corrected chi connectivity index (χ2v) is 6.37. The largest absolute Gasteiger partial charge is 0.310 e. The summed E-state index contributed by atoms with van der Waals surface area (Å²) in [6, 6.07) is 9.52. The van der Waals surface area contributed by atoms with Gasteiger partial charge >= 0.3 is 0 Å². The van der Waals surface area contributed by atoms with Gasteiger partial charge in [0.05, 0.1) is 0 Å². The fourth-order valence-corrected chi connectivity index (χ4v) is 2.27. The van der Waals surface area contributed by atoms with E-state index >= 15 is 0 Å². The Hall–Kier alpha value is -0.820. The van der Waals surface area contributed by atoms with Crippen molar-refractivity contribution in [3.05, 3.63) is 35.4 Å². The Morgan fingerprint density at radius 1 is 1.17 bits per heavy atom. The molecule has 0 amide bonds. The average molecular weight is 247 g/mol. The zero-order chi connectivity index (χ0) is 13.6. The Labute approximate surface area is 113 Å². The molecular formula is C17H29N. The summed E-state index contributed by atoms with van der Waals surface area (Å²) in [5, 5.41) is 3.69. The first-order valence-electron chi connectivity index (χ1n) is 7.28. The lowest BCUT2D eigenvalue weighted by Gasteiger charge is -2.27. The van der Waals surface area contributed by atoms with Gasteiger partial charge in [0.2, 0.25) is 0 Å². The lowest BCUT2D eigenvalue weighted by atomic mass is 9.85. The van der Waals surface area contributed by atoms with Crippen molar-refractivity contribution in [3.63, 3.8) is 0 Å². The van der Waals surface area contributed by atoms with E-state index in [0.29, 0.717) is 11.5 Å². The Balaban J connectivity index is 2.86. The van der Waals surface area contributed by atoms with Gasteiger partial charge in [-0.15, -0.1) is 0 Å². The average Bonchev–Trinajstić information content (AvgIpc) is 2.33. The van der Waals surface area contributed by atoms with Crippen LogP contribution in [0.25, 0.3) is 0 Å². The van der Waals surface area contributed by atoms with E-state index in [4.69, 9.17) is 0 Å². The lowest BCUT2D eigenvalue weighted by Crippen LogP contribution is -2.26. The van der Waals surface area contributed by atoms with E-state index < -0.39 is 0 Å². The molecule has 18 heavy (non-hydrogen) atoms. The van der Waals surface area contributed by atoms with Gasteiger partial charge in [0.1, 0.15) is 0 Å². The molecule has 1 N–H and O–H groups in total. The van der Waals surface area contributed by atoms with E-state index in [9.17, 15) is 0 Å². The Morgan fingerprint density at radius 3 is 2.44 bits per heavy atom. The second-order valence-electron chi connectivity index (χ2n) is 6.37. The van der Waals surface area contributed by atoms with Crippen LogP contribution in [-0.2, 0) is 6.42 Å². The molecule has 0 saturated carbocycles. The van der Waals surface area contributed by atoms with E-state index in [0.717, 1.165) is 13.0 Å². The molecule has 0 saturated heterocycles. The monoisotopic (exact) mass is 247 g/mol. The zero-order valence-electron chi connectivity index (χ0n) is 12.7. The van der Waals surface area contributed by atoms with Crippen molar-refractivity contribution < 1.29 is 0 Å². The number of hydrogen-bond acceptors (Lipinski definition) is 1. The van der Waals surface area contributed by atoms with Crippen LogP contribution < -0.4 is 5.32 Å². The predicted octanol–water partition coefficient (Wildman–Crippen LogP) is 4.73. The molecule has 0 radical (unpaired) electrons. The third kappa shape index (κ3) is 5.22. The van der Waals surface area contributed by atoms with Crippen LogP contribution in [0.2, 0.25) is 0 Å². The van der Waals surface area contributed by atoms with Gasteiger partial charge in [0, 0.05) is 6.04 Å². The first-order valence-corrected chi connectivity index (χ1v) is 7.28. The molecule has 102 valence electrons. The molecule has 1 atom stereocenters. The number of aryl methyl sites for hydroxylation is 1. The van der Waals surface area contributed by atoms with Crippen molar-refractivity contribution in [2.24, 2.45) is 5.41 Å². The highest BCUT2D eigenvalue weighted by atomic mass is 14.9. The van der Waals surface area contributed by atoms with Crippen molar-refractivity contribution >= 4 is 0 Å². The summed E-state index contributed by atoms with van der Waals surface area (Å²) in [6.45, 7) is 12.5. The zero-order valence-corrected chi connectivity index (χ0v) is 12.7. The molecule has 1 aromatic carbocycles. The summed E-state index contributed by atoms with van der Waals surface area (Å²) in [4.78, 5) is 0. The fourth-order valence-electron chi connectivity index (χ4n) is 2.27. The SMILES string of the molecule is CCCNC(CC(C)(C)C)c1cccc(CC)c1. The molecule has 1 nitrogen and oxygen atoms in total. The van der Waals surface area contributed by atoms with Crippen LogP contribution in [-0.4, -0.2) is 6.54 Å². The molecule has 0 aliphatic heterocycles. The third-order valence-electron chi connectivity index (χ3n) is 3.22. The van der Waals surface area contributed by atoms with Gasteiger partial charge in [-0.25, -0.2) is 0 Å². The maximum Gasteiger partial charge on any atom is 0.0325 e. The second kappa shape index (κ2) is 6.94. The molecular weight excluding hydrogens is 218 g/mol. The molecule has 1 unspecified atom stereocenters. The number of rotatable bonds is 6. The van der Waals surface area contributed by atoms with Crippen molar-refractivity contribution in [2.45, 2.75) is 59.9 Å². The molecule has 1 rings (SSSR count). The van der Waals surface area contributed by atoms with E-state index in [2.05, 4.69) is 64.2 Å². The van der Waals surface area contributed by atoms with Crippen LogP contribution in [0.3, 0.4) is 0 Å². The van der Waals surface area contributed by atoms with Crippen LogP contribution >= 0.6 is 0 Å². The van der Waals surface area contributed by atoms with E-state index in [1.54, 1.807) is 0 Å². The molecule has 0 aliphatic rings. The minimum atomic E-state index is 0.355. The van der Waals surface area contributed by atoms with Gasteiger partial charge in [-0.1, -0.05) is 58.9 Å². The van der Waals surface area contributed by atoms with E-state index in [1.807, 2.05) is 0 Å². The first kappa shape index (κ1) is 15.2. The van der Waals surface area contributed by atoms with Crippen LogP contribution in [0.15, 0.2) is 24.3 Å². The molecule has 1 heteroatoms. The first-order chi connectivity index (χ1) is 8.46. The Kier molecular flexibility index (Phi) is 5.87. The summed E-state index contributed by atoms with van der Waals surface area (Å²) >= 11 is 0. The van der Waals surface area contributed by atoms with Crippen molar-refractivity contribution in [1.29, 1.82) is 0 Å². The van der Waals surface area contributed by atoms with Gasteiger partial charge in [-0.3, -0.25) is 0 Å². The molecule has 0 aromatic heterocycles. The van der Waals surface area contributed by atoms with Crippen LogP contribution in [0, 0.1) is 5.41 Å². The molecule has 0 bridgehead atoms. The van der Waals surface area contributed by atoms with E-state index in [1.165, 1.54) is 24.0 Å². The predicted molar refractivity (Wildman–Crippen MR) is 80.9 cm³/mol. The maximum absolute atomic E-state index is 3.69. The molecule has 1 aromatic rings. The van der Waals surface area contributed by atoms with Crippen LogP contribution in [0.4, 0.5) is 0 Å². The van der Waals surface area contributed by atoms with Gasteiger partial charge in [-0.2, -0.15) is 0 Å². The highest BCUT2D eigenvalue weighted by Gasteiger charge is 2.19. The molecule has 0 aliphatic carbocycles. The van der Waals surface area contributed by atoms with Gasteiger partial charge in [0.25, 0.3) is 0 Å². The quantitative estimate of drug-likeness (QED) is 0.766. The highest BCUT2D eigenvalue weighted by Crippen LogP contribution is 2.29. The Bertz CT molecular complexity index is 349. The normalized spacial score (nSPS) is 13.6. The molecule has 0 spiro atoms. The van der Waals surface area contributed by atoms with Crippen molar-refractivity contribution in [2.75, 3.05) is 6.54 Å². The van der Waals surface area contributed by atoms with Crippen LogP contribution in [0.5, 0.6) is 0 Å². The maximum atomic E-state index is 3.69. The number of nitrogens with one attached hydrogen (secondary N) is 1. The summed E-state index contributed by atoms with van der Waals surface area (Å²) in [5.41, 5.74) is 3.23. The Morgan fingerprint density at radius 2 is 1.89 bits per heavy atom. The minimum absolute atomic E-state index is 0.355. The van der Waals surface area contributed by atoms with E-state index in [-0.39, 0.29) is 0 Å². The summed E-state index contributed by atoms with van der Waals surface area (Å²) in [5.74, 6) is 0. The lowest BCUT2D eigenvalue weighted by molar-refractivity contribution is 0.311. The van der Waals surface area contributed by atoms with Crippen molar-refractivity contribution in [3.8, 4) is 0 Å². The smallest absolute Gasteiger partial charge is 0.0325 e. The third-order valence-corrected chi connectivity index (χ3v) is 3.22. The molecule has 0 heterocycles. The van der Waals surface area contributed by atoms with Gasteiger partial charge < -0.3 is 5.32 Å². The van der Waals surface area contributed by atoms with Crippen LogP contribution in [0.1, 0.15) is 64.6 Å². The highest BCUT2D eigenvalue weighted by molar-refractivity contribution is 5.26. The summed E-state index contributed by atoms with van der Waals surface area (Å²) in [7, 11) is 0. The fraction of sp³-hybridized carbons (Fsp3) is 0.647. The van der Waals surface area contributed by atoms with Gasteiger partial charge in [-0.05, 0) is 42.3 Å². The molecule has 0 fully saturated rings. The number of benzene rings is 1. The summed E-state index contributed by atoms with van der Waals surface area (Å²) in [6.07, 6.45) is 3.48. The topological polar surface area (TPSA) is 12.0 Å². The van der Waals surface area contributed by atoms with Crippen molar-refractivity contribution in [1.82, 2.24) is 5.32 Å². The van der Waals surface area contributed by atoms with Gasteiger partial charge in [0.15, 0.2) is 0 Å². The minimum Gasteiger partial charge on any atom is -0.310 e. The standard InChI is InChI=1S/C17H29N/c1-6-11-18-16(13-17(3,4)5)15-10-8-9-14(7-2)12-15/h8-10,12,16,18H,6-7,11,13H2,1-5H3. The summed E-state index contributed by atoms with van der Waals surface area (Å²) < 4.78 is 0. The number of hydrogen-bond donors (Lipinski definition) is 1.